The molecule has 26 heavy (non-hydrogen) atoms. The van der Waals surface area contributed by atoms with E-state index in [0.717, 1.165) is 5.56 Å². The fourth-order valence-corrected chi connectivity index (χ4v) is 2.93. The largest absolute Gasteiger partial charge is 0.345 e. The van der Waals surface area contributed by atoms with Crippen LogP contribution in [0.15, 0.2) is 30.6 Å². The van der Waals surface area contributed by atoms with Gasteiger partial charge in [-0.05, 0) is 31.5 Å². The van der Waals surface area contributed by atoms with Crippen molar-refractivity contribution in [1.29, 1.82) is 0 Å². The number of halogens is 2. The lowest BCUT2D eigenvalue weighted by atomic mass is 10.2. The van der Waals surface area contributed by atoms with Crippen LogP contribution in [0.3, 0.4) is 0 Å². The van der Waals surface area contributed by atoms with Crippen LogP contribution in [0.25, 0.3) is 0 Å². The van der Waals surface area contributed by atoms with E-state index < -0.39 is 0 Å². The fourth-order valence-electron chi connectivity index (χ4n) is 2.61. The van der Waals surface area contributed by atoms with E-state index in [1.54, 1.807) is 25.4 Å². The van der Waals surface area contributed by atoms with Gasteiger partial charge in [0.05, 0.1) is 24.3 Å². The molecule has 0 unspecified atom stereocenters. The summed E-state index contributed by atoms with van der Waals surface area (Å²) in [5.74, 6) is 0.0216. The van der Waals surface area contributed by atoms with Crippen LogP contribution in [0.4, 0.5) is 4.39 Å². The van der Waals surface area contributed by atoms with Gasteiger partial charge in [0.15, 0.2) is 5.82 Å². The number of aromatic nitrogens is 5. The summed E-state index contributed by atoms with van der Waals surface area (Å²) in [6.07, 6.45) is 1.61. The van der Waals surface area contributed by atoms with Crippen LogP contribution in [0.5, 0.6) is 0 Å². The third kappa shape index (κ3) is 3.75. The van der Waals surface area contributed by atoms with Crippen LogP contribution in [0.2, 0.25) is 5.15 Å². The number of hydrogen-bond donors (Lipinski definition) is 1. The van der Waals surface area contributed by atoms with Crippen molar-refractivity contribution in [2.24, 2.45) is 0 Å². The molecule has 3 rings (SSSR count). The first kappa shape index (κ1) is 18.1. The Bertz CT molecular complexity index is 918. The van der Waals surface area contributed by atoms with Gasteiger partial charge in [-0.2, -0.15) is 5.10 Å². The molecule has 0 spiro atoms. The van der Waals surface area contributed by atoms with E-state index in [2.05, 4.69) is 20.6 Å². The van der Waals surface area contributed by atoms with E-state index >= 15 is 0 Å². The fraction of sp³-hybridized carbons (Fsp3) is 0.294. The molecular formula is C17H18ClFN6O. The molecule has 2 aromatic heterocycles. The Labute approximate surface area is 154 Å². The molecule has 3 aromatic rings. The van der Waals surface area contributed by atoms with Crippen molar-refractivity contribution in [2.45, 2.75) is 33.5 Å². The Kier molecular flexibility index (Phi) is 5.32. The summed E-state index contributed by atoms with van der Waals surface area (Å²) < 4.78 is 16.4. The molecule has 0 aliphatic heterocycles. The Morgan fingerprint density at radius 1 is 1.31 bits per heavy atom. The average Bonchev–Trinajstić information content (AvgIpc) is 3.19. The van der Waals surface area contributed by atoms with Gasteiger partial charge in [-0.15, -0.1) is 10.2 Å². The monoisotopic (exact) mass is 376 g/mol. The van der Waals surface area contributed by atoms with Crippen molar-refractivity contribution in [2.75, 3.05) is 0 Å². The Hall–Kier alpha value is -2.74. The van der Waals surface area contributed by atoms with Crippen molar-refractivity contribution in [3.05, 3.63) is 64.2 Å². The van der Waals surface area contributed by atoms with Gasteiger partial charge in [-0.3, -0.25) is 4.79 Å². The number of amides is 1. The number of nitrogens with zero attached hydrogens (tertiary/aromatic N) is 5. The molecule has 1 N–H and O–H groups in total. The number of carbonyl (C=O) groups is 1. The molecule has 136 valence electrons. The second kappa shape index (κ2) is 7.65. The van der Waals surface area contributed by atoms with Gasteiger partial charge in [-0.1, -0.05) is 23.7 Å². The van der Waals surface area contributed by atoms with Crippen LogP contribution in [0.1, 0.15) is 34.4 Å². The van der Waals surface area contributed by atoms with Gasteiger partial charge in [0.1, 0.15) is 17.3 Å². The van der Waals surface area contributed by atoms with Gasteiger partial charge in [0.2, 0.25) is 0 Å². The maximum Gasteiger partial charge on any atom is 0.256 e. The van der Waals surface area contributed by atoms with Crippen LogP contribution in [-0.4, -0.2) is 30.5 Å². The number of rotatable bonds is 6. The molecule has 0 saturated carbocycles. The van der Waals surface area contributed by atoms with Gasteiger partial charge < -0.3 is 9.88 Å². The van der Waals surface area contributed by atoms with Crippen LogP contribution in [0, 0.1) is 12.7 Å². The SMILES string of the molecule is CCn1cnnc1CNC(=O)c1c(C)nn(Cc2ccc(F)cc2)c1Cl. The highest BCUT2D eigenvalue weighted by Crippen LogP contribution is 2.21. The van der Waals surface area contributed by atoms with Gasteiger partial charge in [-0.25, -0.2) is 9.07 Å². The lowest BCUT2D eigenvalue weighted by Gasteiger charge is -2.06. The minimum absolute atomic E-state index is 0.237. The second-order valence-corrected chi connectivity index (χ2v) is 6.11. The van der Waals surface area contributed by atoms with E-state index in [1.165, 1.54) is 16.8 Å². The molecule has 9 heteroatoms. The molecule has 0 fully saturated rings. The molecule has 0 saturated heterocycles. The van der Waals surface area contributed by atoms with Crippen molar-refractivity contribution in [3.63, 3.8) is 0 Å². The molecule has 0 radical (unpaired) electrons. The number of aryl methyl sites for hydroxylation is 2. The predicted octanol–water partition coefficient (Wildman–Crippen LogP) is 2.57. The average molecular weight is 377 g/mol. The first-order chi connectivity index (χ1) is 12.5. The highest BCUT2D eigenvalue weighted by Gasteiger charge is 2.20. The summed E-state index contributed by atoms with van der Waals surface area (Å²) in [6, 6.07) is 6.05. The maximum atomic E-state index is 13.0. The van der Waals surface area contributed by atoms with E-state index in [-0.39, 0.29) is 23.4 Å². The van der Waals surface area contributed by atoms with E-state index in [1.807, 2.05) is 11.5 Å². The predicted molar refractivity (Wildman–Crippen MR) is 94.3 cm³/mol. The third-order valence-electron chi connectivity index (χ3n) is 3.98. The molecule has 7 nitrogen and oxygen atoms in total. The zero-order valence-electron chi connectivity index (χ0n) is 14.4. The summed E-state index contributed by atoms with van der Waals surface area (Å²) in [7, 11) is 0. The van der Waals surface area contributed by atoms with Gasteiger partial charge in [0.25, 0.3) is 5.91 Å². The topological polar surface area (TPSA) is 77.6 Å². The standard InChI is InChI=1S/C17H18ClFN6O/c1-3-24-10-21-22-14(24)8-20-17(26)15-11(2)23-25(16(15)18)9-12-4-6-13(19)7-5-12/h4-7,10H,3,8-9H2,1-2H3,(H,20,26). The molecule has 0 aliphatic carbocycles. The molecule has 0 aliphatic rings. The molecule has 0 bridgehead atoms. The second-order valence-electron chi connectivity index (χ2n) is 5.75. The van der Waals surface area contributed by atoms with Crippen LogP contribution >= 0.6 is 11.6 Å². The Morgan fingerprint density at radius 2 is 2.04 bits per heavy atom. The van der Waals surface area contributed by atoms with Crippen molar-refractivity contribution in [1.82, 2.24) is 29.9 Å². The number of hydrogen-bond acceptors (Lipinski definition) is 4. The lowest BCUT2D eigenvalue weighted by molar-refractivity contribution is 0.0949. The number of benzene rings is 1. The summed E-state index contributed by atoms with van der Waals surface area (Å²) in [5, 5.41) is 15.2. The highest BCUT2D eigenvalue weighted by molar-refractivity contribution is 6.33. The summed E-state index contributed by atoms with van der Waals surface area (Å²) >= 11 is 6.36. The van der Waals surface area contributed by atoms with Crippen molar-refractivity contribution < 1.29 is 9.18 Å². The number of nitrogens with one attached hydrogen (secondary N) is 1. The van der Waals surface area contributed by atoms with Crippen molar-refractivity contribution >= 4 is 17.5 Å². The highest BCUT2D eigenvalue weighted by atomic mass is 35.5. The molecular weight excluding hydrogens is 359 g/mol. The first-order valence-corrected chi connectivity index (χ1v) is 8.49. The zero-order chi connectivity index (χ0) is 18.7. The van der Waals surface area contributed by atoms with Crippen LogP contribution in [-0.2, 0) is 19.6 Å². The van der Waals surface area contributed by atoms with Crippen LogP contribution < -0.4 is 5.32 Å². The maximum absolute atomic E-state index is 13.0. The van der Waals surface area contributed by atoms with Gasteiger partial charge in [0, 0.05) is 6.54 Å². The van der Waals surface area contributed by atoms with E-state index in [9.17, 15) is 9.18 Å². The number of carbonyl (C=O) groups excluding carboxylic acids is 1. The minimum Gasteiger partial charge on any atom is -0.345 e. The minimum atomic E-state index is -0.330. The normalized spacial score (nSPS) is 10.9. The molecule has 2 heterocycles. The third-order valence-corrected chi connectivity index (χ3v) is 4.37. The summed E-state index contributed by atoms with van der Waals surface area (Å²) in [4.78, 5) is 12.5. The van der Waals surface area contributed by atoms with E-state index in [0.29, 0.717) is 30.2 Å². The summed E-state index contributed by atoms with van der Waals surface area (Å²) in [5.41, 5.74) is 1.67. The van der Waals surface area contributed by atoms with Crippen molar-refractivity contribution in [3.8, 4) is 0 Å². The molecule has 1 amide bonds. The lowest BCUT2D eigenvalue weighted by Crippen LogP contribution is -2.25. The molecule has 0 atom stereocenters. The first-order valence-electron chi connectivity index (χ1n) is 8.11. The smallest absolute Gasteiger partial charge is 0.256 e. The quantitative estimate of drug-likeness (QED) is 0.717. The van der Waals surface area contributed by atoms with E-state index in [4.69, 9.17) is 11.6 Å². The summed E-state index contributed by atoms with van der Waals surface area (Å²) in [6.45, 7) is 4.99. The Morgan fingerprint density at radius 3 is 2.73 bits per heavy atom. The zero-order valence-corrected chi connectivity index (χ0v) is 15.2. The molecule has 1 aromatic carbocycles. The van der Waals surface area contributed by atoms with Gasteiger partial charge >= 0.3 is 0 Å². The Balaban J connectivity index is 1.74.